The quantitative estimate of drug-likeness (QED) is 0.388. The second-order valence-corrected chi connectivity index (χ2v) is 7.62. The van der Waals surface area contributed by atoms with Gasteiger partial charge in [0.25, 0.3) is 5.56 Å². The third-order valence-electron chi connectivity index (χ3n) is 4.29. The normalized spacial score (nSPS) is 11.1. The van der Waals surface area contributed by atoms with Crippen molar-refractivity contribution in [2.45, 2.75) is 13.5 Å². The van der Waals surface area contributed by atoms with E-state index in [0.717, 1.165) is 4.47 Å². The smallest absolute Gasteiger partial charge is 0.344 e. The zero-order chi connectivity index (χ0) is 21.4. The maximum Gasteiger partial charge on any atom is 0.344 e. The van der Waals surface area contributed by atoms with Crippen LogP contribution in [-0.2, 0) is 11.3 Å². The van der Waals surface area contributed by atoms with E-state index in [1.165, 1.54) is 35.6 Å². The van der Waals surface area contributed by atoms with Gasteiger partial charge in [-0.15, -0.1) is 0 Å². The first-order chi connectivity index (χ1) is 14.3. The van der Waals surface area contributed by atoms with Crippen molar-refractivity contribution in [1.82, 2.24) is 14.5 Å². The molecule has 0 N–H and O–H groups in total. The third-order valence-corrected chi connectivity index (χ3v) is 5.08. The predicted octanol–water partition coefficient (Wildman–Crippen LogP) is 4.57. The van der Waals surface area contributed by atoms with Gasteiger partial charge in [0, 0.05) is 16.7 Å². The van der Waals surface area contributed by atoms with Crippen molar-refractivity contribution in [1.29, 1.82) is 0 Å². The average molecular weight is 493 g/mol. The molecular weight excluding hydrogens is 481 g/mol. The van der Waals surface area contributed by atoms with Crippen LogP contribution in [0.5, 0.6) is 0 Å². The number of fused-ring (bicyclic) bond motifs is 1. The molecule has 0 aliphatic heterocycles. The number of carbonyl (C=O) groups excluding carboxylic acids is 1. The number of hydrogen-bond donors (Lipinski definition) is 0. The lowest BCUT2D eigenvalue weighted by Crippen LogP contribution is -2.17. The standard InChI is InChI=1S/C20H12BrClFN3O4/c1-10-17(19(25-30-10)18-13(22)3-2-4-14(18)23)20(28)29-9-12-7-16(27)26-8-11(21)5-6-15(26)24-12/h2-8H,9H2,1H3. The fourth-order valence-corrected chi connectivity index (χ4v) is 3.51. The highest BCUT2D eigenvalue weighted by Crippen LogP contribution is 2.33. The van der Waals surface area contributed by atoms with E-state index in [0.29, 0.717) is 5.65 Å². The van der Waals surface area contributed by atoms with E-state index in [1.54, 1.807) is 18.3 Å². The van der Waals surface area contributed by atoms with Gasteiger partial charge >= 0.3 is 5.97 Å². The van der Waals surface area contributed by atoms with E-state index in [4.69, 9.17) is 20.9 Å². The molecule has 0 aliphatic rings. The molecule has 10 heteroatoms. The minimum atomic E-state index is -0.805. The largest absolute Gasteiger partial charge is 0.455 e. The number of aryl methyl sites for hydroxylation is 1. The molecule has 0 atom stereocenters. The molecule has 3 heterocycles. The zero-order valence-corrected chi connectivity index (χ0v) is 17.7. The maximum absolute atomic E-state index is 14.3. The van der Waals surface area contributed by atoms with Gasteiger partial charge in [0.1, 0.15) is 35.1 Å². The topological polar surface area (TPSA) is 86.7 Å². The van der Waals surface area contributed by atoms with E-state index in [-0.39, 0.29) is 45.5 Å². The van der Waals surface area contributed by atoms with Crippen LogP contribution in [-0.4, -0.2) is 20.5 Å². The van der Waals surface area contributed by atoms with Gasteiger partial charge in [0.05, 0.1) is 16.3 Å². The molecule has 7 nitrogen and oxygen atoms in total. The summed E-state index contributed by atoms with van der Waals surface area (Å²) in [7, 11) is 0. The predicted molar refractivity (Wildman–Crippen MR) is 110 cm³/mol. The molecule has 4 rings (SSSR count). The van der Waals surface area contributed by atoms with Gasteiger partial charge in [-0.2, -0.15) is 0 Å². The lowest BCUT2D eigenvalue weighted by atomic mass is 10.1. The van der Waals surface area contributed by atoms with E-state index >= 15 is 0 Å². The fourth-order valence-electron chi connectivity index (χ4n) is 2.92. The summed E-state index contributed by atoms with van der Waals surface area (Å²) in [6, 6.07) is 8.77. The summed E-state index contributed by atoms with van der Waals surface area (Å²) in [5.74, 6) is -1.31. The number of hydrogen-bond acceptors (Lipinski definition) is 6. The highest BCUT2D eigenvalue weighted by atomic mass is 79.9. The van der Waals surface area contributed by atoms with Crippen LogP contribution in [0.25, 0.3) is 16.9 Å². The Balaban J connectivity index is 1.63. The second kappa shape index (κ2) is 8.00. The molecular formula is C20H12BrClFN3O4. The number of pyridine rings is 1. The van der Waals surface area contributed by atoms with Gasteiger partial charge in [0.2, 0.25) is 0 Å². The molecule has 30 heavy (non-hydrogen) atoms. The van der Waals surface area contributed by atoms with Crippen molar-refractivity contribution in [3.8, 4) is 11.3 Å². The van der Waals surface area contributed by atoms with E-state index < -0.39 is 11.8 Å². The molecule has 0 saturated heterocycles. The van der Waals surface area contributed by atoms with Gasteiger partial charge in [-0.3, -0.25) is 9.20 Å². The van der Waals surface area contributed by atoms with Crippen molar-refractivity contribution in [3.05, 3.63) is 85.3 Å². The fraction of sp³-hybridized carbons (Fsp3) is 0.100. The number of halogens is 3. The van der Waals surface area contributed by atoms with Crippen LogP contribution in [0, 0.1) is 12.7 Å². The molecule has 4 aromatic rings. The lowest BCUT2D eigenvalue weighted by Gasteiger charge is -2.08. The zero-order valence-electron chi connectivity index (χ0n) is 15.4. The van der Waals surface area contributed by atoms with Gasteiger partial charge in [0.15, 0.2) is 0 Å². The Kier molecular flexibility index (Phi) is 5.40. The van der Waals surface area contributed by atoms with Gasteiger partial charge < -0.3 is 9.26 Å². The summed E-state index contributed by atoms with van der Waals surface area (Å²) >= 11 is 9.37. The Hall–Kier alpha value is -3.04. The summed E-state index contributed by atoms with van der Waals surface area (Å²) in [4.78, 5) is 29.3. The lowest BCUT2D eigenvalue weighted by molar-refractivity contribution is 0.0466. The Labute approximate surface area is 182 Å². The van der Waals surface area contributed by atoms with Crippen LogP contribution >= 0.6 is 27.5 Å². The molecule has 0 spiro atoms. The molecule has 0 aliphatic carbocycles. The van der Waals surface area contributed by atoms with Crippen LogP contribution in [0.2, 0.25) is 5.02 Å². The summed E-state index contributed by atoms with van der Waals surface area (Å²) in [6.45, 7) is 1.23. The number of nitrogens with zero attached hydrogens (tertiary/aromatic N) is 3. The summed E-state index contributed by atoms with van der Waals surface area (Å²) in [5.41, 5.74) is 0.162. The van der Waals surface area contributed by atoms with Gasteiger partial charge in [-0.1, -0.05) is 22.8 Å². The highest BCUT2D eigenvalue weighted by Gasteiger charge is 2.26. The average Bonchev–Trinajstić information content (AvgIpc) is 3.08. The van der Waals surface area contributed by atoms with Crippen molar-refractivity contribution in [3.63, 3.8) is 0 Å². The van der Waals surface area contributed by atoms with Gasteiger partial charge in [-0.25, -0.2) is 14.2 Å². The Morgan fingerprint density at radius 3 is 2.90 bits per heavy atom. The first-order valence-corrected chi connectivity index (χ1v) is 9.78. The molecule has 152 valence electrons. The number of rotatable bonds is 4. The second-order valence-electron chi connectivity index (χ2n) is 6.30. The number of benzene rings is 1. The Morgan fingerprint density at radius 1 is 1.33 bits per heavy atom. The van der Waals surface area contributed by atoms with Crippen LogP contribution in [0.3, 0.4) is 0 Å². The molecule has 1 aromatic carbocycles. The SMILES string of the molecule is Cc1onc(-c2c(F)cccc2Cl)c1C(=O)OCc1cc(=O)n2cc(Br)ccc2n1. The molecule has 0 unspecified atom stereocenters. The number of carbonyl (C=O) groups is 1. The van der Waals surface area contributed by atoms with Crippen molar-refractivity contribution in [2.24, 2.45) is 0 Å². The minimum absolute atomic E-state index is 0.0524. The Morgan fingerprint density at radius 2 is 2.13 bits per heavy atom. The van der Waals surface area contributed by atoms with E-state index in [1.807, 2.05) is 0 Å². The van der Waals surface area contributed by atoms with E-state index in [2.05, 4.69) is 26.1 Å². The first kappa shape index (κ1) is 20.2. The molecule has 0 bridgehead atoms. The Bertz CT molecular complexity index is 1330. The van der Waals surface area contributed by atoms with Crippen LogP contribution < -0.4 is 5.56 Å². The molecule has 0 amide bonds. The van der Waals surface area contributed by atoms with Crippen molar-refractivity contribution < 1.29 is 18.4 Å². The molecule has 3 aromatic heterocycles. The molecule has 0 radical (unpaired) electrons. The summed E-state index contributed by atoms with van der Waals surface area (Å²) in [5, 5.41) is 3.85. The van der Waals surface area contributed by atoms with E-state index in [9.17, 15) is 14.0 Å². The molecule has 0 fully saturated rings. The highest BCUT2D eigenvalue weighted by molar-refractivity contribution is 9.10. The number of aromatic nitrogens is 3. The molecule has 0 saturated carbocycles. The van der Waals surface area contributed by atoms with Crippen molar-refractivity contribution in [2.75, 3.05) is 0 Å². The van der Waals surface area contributed by atoms with Crippen LogP contribution in [0.4, 0.5) is 4.39 Å². The first-order valence-electron chi connectivity index (χ1n) is 8.61. The monoisotopic (exact) mass is 491 g/mol. The summed E-state index contributed by atoms with van der Waals surface area (Å²) in [6.07, 6.45) is 1.59. The van der Waals surface area contributed by atoms with Gasteiger partial charge in [-0.05, 0) is 47.1 Å². The van der Waals surface area contributed by atoms with Crippen molar-refractivity contribution >= 4 is 39.1 Å². The van der Waals surface area contributed by atoms with Crippen LogP contribution in [0.1, 0.15) is 21.8 Å². The minimum Gasteiger partial charge on any atom is -0.455 e. The third kappa shape index (κ3) is 3.73. The maximum atomic E-state index is 14.3. The number of esters is 1. The summed E-state index contributed by atoms with van der Waals surface area (Å²) < 4.78 is 26.7. The number of ether oxygens (including phenoxy) is 1. The van der Waals surface area contributed by atoms with Crippen LogP contribution in [0.15, 0.2) is 56.4 Å².